The van der Waals surface area contributed by atoms with Crippen molar-refractivity contribution in [2.24, 2.45) is 22.2 Å². The van der Waals surface area contributed by atoms with Crippen LogP contribution in [0, 0.1) is 0 Å². The number of amides is 1. The molecule has 0 saturated heterocycles. The number of carboxylic acid groups (broad SMARTS) is 2. The molecule has 0 aromatic heterocycles. The van der Waals surface area contributed by atoms with Crippen molar-refractivity contribution in [3.8, 4) is 0 Å². The average Bonchev–Trinajstić information content (AvgIpc) is 2.67. The zero-order chi connectivity index (χ0) is 23.8. The molecule has 0 radical (unpaired) electrons. The predicted octanol–water partition coefficient (Wildman–Crippen LogP) is -0.589. The topological polar surface area (TPSA) is 214 Å². The number of carbonyl (C=O) groups is 3. The van der Waals surface area contributed by atoms with Crippen molar-refractivity contribution in [3.05, 3.63) is 35.9 Å². The Hall–Kier alpha value is -3.18. The number of nitrogens with zero attached hydrogens (tertiary/aromatic N) is 1. The first-order valence-electron chi connectivity index (χ1n) is 9.80. The van der Waals surface area contributed by atoms with Gasteiger partial charge in [-0.05, 0) is 38.2 Å². The fourth-order valence-corrected chi connectivity index (χ4v) is 2.44. The summed E-state index contributed by atoms with van der Waals surface area (Å²) in [6.45, 7) is 2.55. The SMILES string of the molecule is C[C@@H](Cc1ccccc1)NC(=O)C(N)CCCCN=C(N)N.O=C(O)CC(O)C(=O)O. The lowest BCUT2D eigenvalue weighted by atomic mass is 10.1. The van der Waals surface area contributed by atoms with Crippen LogP contribution >= 0.6 is 0 Å². The van der Waals surface area contributed by atoms with Gasteiger partial charge in [-0.3, -0.25) is 14.6 Å². The molecule has 10 N–H and O–H groups in total. The van der Waals surface area contributed by atoms with E-state index >= 15 is 0 Å². The number of aliphatic carboxylic acids is 2. The number of nitrogens with two attached hydrogens (primary N) is 3. The minimum absolute atomic E-state index is 0.0580. The number of benzene rings is 1. The monoisotopic (exact) mass is 439 g/mol. The summed E-state index contributed by atoms with van der Waals surface area (Å²) < 4.78 is 0. The summed E-state index contributed by atoms with van der Waals surface area (Å²) in [6.07, 6.45) is 0.516. The van der Waals surface area contributed by atoms with Crippen LogP contribution in [0.4, 0.5) is 0 Å². The second-order valence-electron chi connectivity index (χ2n) is 6.96. The molecule has 2 unspecified atom stereocenters. The van der Waals surface area contributed by atoms with Gasteiger partial charge in [-0.1, -0.05) is 30.3 Å². The Morgan fingerprint density at radius 3 is 2.19 bits per heavy atom. The number of carbonyl (C=O) groups excluding carboxylic acids is 1. The molecule has 1 aromatic carbocycles. The highest BCUT2D eigenvalue weighted by Crippen LogP contribution is 2.04. The molecular formula is C20H33N5O6. The van der Waals surface area contributed by atoms with Crippen LogP contribution in [0.25, 0.3) is 0 Å². The molecular weight excluding hydrogens is 406 g/mol. The lowest BCUT2D eigenvalue weighted by Gasteiger charge is -2.17. The highest BCUT2D eigenvalue weighted by Gasteiger charge is 2.16. The van der Waals surface area contributed by atoms with E-state index in [1.165, 1.54) is 5.56 Å². The largest absolute Gasteiger partial charge is 0.481 e. The summed E-state index contributed by atoms with van der Waals surface area (Å²) >= 11 is 0. The summed E-state index contributed by atoms with van der Waals surface area (Å²) in [6, 6.07) is 9.63. The second-order valence-corrected chi connectivity index (χ2v) is 6.96. The molecule has 0 saturated carbocycles. The van der Waals surface area contributed by atoms with Gasteiger partial charge in [-0.25, -0.2) is 4.79 Å². The Kier molecular flexibility index (Phi) is 14.0. The molecule has 3 atom stereocenters. The molecule has 1 amide bonds. The van der Waals surface area contributed by atoms with Gasteiger partial charge in [0, 0.05) is 12.6 Å². The fraction of sp³-hybridized carbons (Fsp3) is 0.500. The molecule has 31 heavy (non-hydrogen) atoms. The smallest absolute Gasteiger partial charge is 0.333 e. The number of aliphatic hydroxyl groups is 1. The third kappa shape index (κ3) is 15.3. The molecule has 1 rings (SSSR count). The molecule has 1 aromatic rings. The quantitative estimate of drug-likeness (QED) is 0.126. The Morgan fingerprint density at radius 2 is 1.71 bits per heavy atom. The van der Waals surface area contributed by atoms with Crippen LogP contribution in [0.2, 0.25) is 0 Å². The third-order valence-corrected chi connectivity index (χ3v) is 3.98. The lowest BCUT2D eigenvalue weighted by Crippen LogP contribution is -2.45. The van der Waals surface area contributed by atoms with E-state index in [9.17, 15) is 14.4 Å². The van der Waals surface area contributed by atoms with Gasteiger partial charge in [0.1, 0.15) is 0 Å². The highest BCUT2D eigenvalue weighted by atomic mass is 16.4. The molecule has 11 heteroatoms. The van der Waals surface area contributed by atoms with Gasteiger partial charge in [0.05, 0.1) is 12.5 Å². The molecule has 11 nitrogen and oxygen atoms in total. The molecule has 0 aliphatic heterocycles. The Bertz CT molecular complexity index is 709. The van der Waals surface area contributed by atoms with Crippen LogP contribution in [-0.4, -0.2) is 63.9 Å². The molecule has 174 valence electrons. The lowest BCUT2D eigenvalue weighted by molar-refractivity contribution is -0.152. The standard InChI is InChI=1S/C16H27N5O.C4H6O5/c1-12(11-13-7-3-2-4-8-13)21-15(22)14(17)9-5-6-10-20-16(18)19;5-2(4(8)9)1-3(6)7/h2-4,7-8,12,14H,5-6,9-11,17H2,1H3,(H,21,22)(H4,18,19,20);2,5H,1H2,(H,6,7)(H,8,9)/t12-,14?;/m0./s1. The second kappa shape index (κ2) is 15.6. The maximum atomic E-state index is 12.0. The maximum Gasteiger partial charge on any atom is 0.333 e. The summed E-state index contributed by atoms with van der Waals surface area (Å²) in [4.78, 5) is 35.3. The summed E-state index contributed by atoms with van der Waals surface area (Å²) in [5.74, 6) is -2.86. The number of unbranched alkanes of at least 4 members (excludes halogenated alkanes) is 1. The van der Waals surface area contributed by atoms with Gasteiger partial charge in [0.2, 0.25) is 5.91 Å². The van der Waals surface area contributed by atoms with E-state index in [2.05, 4.69) is 10.3 Å². The van der Waals surface area contributed by atoms with Crippen molar-refractivity contribution in [1.29, 1.82) is 0 Å². The average molecular weight is 440 g/mol. The third-order valence-electron chi connectivity index (χ3n) is 3.98. The first kappa shape index (κ1) is 27.8. The molecule has 0 aliphatic carbocycles. The highest BCUT2D eigenvalue weighted by molar-refractivity contribution is 5.81. The van der Waals surface area contributed by atoms with Gasteiger partial charge < -0.3 is 37.8 Å². The van der Waals surface area contributed by atoms with E-state index in [0.29, 0.717) is 13.0 Å². The number of guanidine groups is 1. The Balaban J connectivity index is 0.000000842. The van der Waals surface area contributed by atoms with E-state index in [1.807, 2.05) is 37.3 Å². The van der Waals surface area contributed by atoms with Crippen molar-refractivity contribution < 1.29 is 29.7 Å². The Labute approximate surface area is 181 Å². The van der Waals surface area contributed by atoms with E-state index in [1.54, 1.807) is 0 Å². The summed E-state index contributed by atoms with van der Waals surface area (Å²) in [5.41, 5.74) is 17.6. The van der Waals surface area contributed by atoms with Crippen molar-refractivity contribution >= 4 is 23.8 Å². The maximum absolute atomic E-state index is 12.0. The van der Waals surface area contributed by atoms with Gasteiger partial charge in [-0.15, -0.1) is 0 Å². The van der Waals surface area contributed by atoms with Crippen LogP contribution in [0.5, 0.6) is 0 Å². The summed E-state index contributed by atoms with van der Waals surface area (Å²) in [5, 5.41) is 27.1. The molecule has 0 spiro atoms. The fourth-order valence-electron chi connectivity index (χ4n) is 2.44. The van der Waals surface area contributed by atoms with Gasteiger partial charge in [0.15, 0.2) is 12.1 Å². The Morgan fingerprint density at radius 1 is 1.10 bits per heavy atom. The first-order chi connectivity index (χ1) is 14.5. The van der Waals surface area contributed by atoms with Gasteiger partial charge >= 0.3 is 11.9 Å². The molecule has 0 heterocycles. The number of aliphatic hydroxyl groups excluding tert-OH is 1. The van der Waals surface area contributed by atoms with E-state index in [-0.39, 0.29) is 17.9 Å². The van der Waals surface area contributed by atoms with Crippen LogP contribution in [0.3, 0.4) is 0 Å². The minimum Gasteiger partial charge on any atom is -0.481 e. The van der Waals surface area contributed by atoms with Crippen LogP contribution in [0.15, 0.2) is 35.3 Å². The first-order valence-corrected chi connectivity index (χ1v) is 9.80. The van der Waals surface area contributed by atoms with Crippen molar-refractivity contribution in [2.45, 2.75) is 57.2 Å². The number of nitrogens with one attached hydrogen (secondary N) is 1. The van der Waals surface area contributed by atoms with Crippen molar-refractivity contribution in [1.82, 2.24) is 5.32 Å². The number of carboxylic acids is 2. The number of aliphatic imine (C=N–C) groups is 1. The van der Waals surface area contributed by atoms with E-state index in [4.69, 9.17) is 32.5 Å². The van der Waals surface area contributed by atoms with Gasteiger partial charge in [-0.2, -0.15) is 0 Å². The van der Waals surface area contributed by atoms with Crippen molar-refractivity contribution in [2.75, 3.05) is 6.54 Å². The van der Waals surface area contributed by atoms with Crippen LogP contribution in [0.1, 0.15) is 38.2 Å². The summed E-state index contributed by atoms with van der Waals surface area (Å²) in [7, 11) is 0. The van der Waals surface area contributed by atoms with Crippen molar-refractivity contribution in [3.63, 3.8) is 0 Å². The zero-order valence-corrected chi connectivity index (χ0v) is 17.6. The predicted molar refractivity (Wildman–Crippen MR) is 116 cm³/mol. The number of rotatable bonds is 12. The zero-order valence-electron chi connectivity index (χ0n) is 17.6. The molecule has 0 fully saturated rings. The number of hydrogen-bond acceptors (Lipinski definition) is 6. The van der Waals surface area contributed by atoms with Crippen LogP contribution in [-0.2, 0) is 20.8 Å². The minimum atomic E-state index is -1.79. The van der Waals surface area contributed by atoms with E-state index < -0.39 is 30.5 Å². The van der Waals surface area contributed by atoms with E-state index in [0.717, 1.165) is 19.3 Å². The molecule has 0 bridgehead atoms. The molecule has 0 aliphatic rings. The number of hydrogen-bond donors (Lipinski definition) is 7. The van der Waals surface area contributed by atoms with Gasteiger partial charge in [0.25, 0.3) is 0 Å². The normalized spacial score (nSPS) is 13.0. The van der Waals surface area contributed by atoms with Crippen LogP contribution < -0.4 is 22.5 Å².